The van der Waals surface area contributed by atoms with Gasteiger partial charge in [-0.3, -0.25) is 4.79 Å². The highest BCUT2D eigenvalue weighted by molar-refractivity contribution is 5.98. The molecule has 2 N–H and O–H groups in total. The van der Waals surface area contributed by atoms with Crippen LogP contribution in [0.3, 0.4) is 0 Å². The van der Waals surface area contributed by atoms with Gasteiger partial charge in [0.05, 0.1) is 11.7 Å². The molecule has 1 amide bonds. The van der Waals surface area contributed by atoms with Crippen molar-refractivity contribution in [1.29, 1.82) is 0 Å². The van der Waals surface area contributed by atoms with E-state index in [9.17, 15) is 4.79 Å². The van der Waals surface area contributed by atoms with Gasteiger partial charge in [-0.15, -0.1) is 5.11 Å². The molecule has 0 bridgehead atoms. The Labute approximate surface area is 126 Å². The second-order valence-electron chi connectivity index (χ2n) is 5.16. The minimum atomic E-state index is -0.314. The van der Waals surface area contributed by atoms with Gasteiger partial charge in [-0.25, -0.2) is 4.52 Å². The predicted molar refractivity (Wildman–Crippen MR) is 81.6 cm³/mol. The normalized spacial score (nSPS) is 17.0. The molecule has 3 aromatic rings. The standard InChI is InChI=1S/C16H13N5O/c17-8-14-12-7-10(4-5-11(12)16(22)20-19-14)13-9-18-21-6-2-1-3-15(13)21/h1-7,9,14H,8,17H2. The number of fused-ring (bicyclic) bond motifs is 2. The lowest BCUT2D eigenvalue weighted by Crippen LogP contribution is -2.17. The highest BCUT2D eigenvalue weighted by Crippen LogP contribution is 2.32. The van der Waals surface area contributed by atoms with Gasteiger partial charge in [0, 0.05) is 23.9 Å². The number of rotatable bonds is 2. The summed E-state index contributed by atoms with van der Waals surface area (Å²) in [5.41, 5.74) is 10.2. The summed E-state index contributed by atoms with van der Waals surface area (Å²) in [5, 5.41) is 12.0. The zero-order chi connectivity index (χ0) is 15.1. The number of amides is 1. The number of azo groups is 1. The zero-order valence-corrected chi connectivity index (χ0v) is 11.7. The molecule has 0 fully saturated rings. The maximum atomic E-state index is 11.8. The van der Waals surface area contributed by atoms with Crippen molar-refractivity contribution < 1.29 is 4.79 Å². The Hall–Kier alpha value is -2.86. The van der Waals surface area contributed by atoms with Crippen molar-refractivity contribution >= 4 is 11.4 Å². The van der Waals surface area contributed by atoms with E-state index in [4.69, 9.17) is 5.73 Å². The minimum Gasteiger partial charge on any atom is -0.328 e. The Morgan fingerprint density at radius 3 is 2.95 bits per heavy atom. The first-order chi connectivity index (χ1) is 10.8. The number of carbonyl (C=O) groups excluding carboxylic acids is 1. The first-order valence-electron chi connectivity index (χ1n) is 7.00. The van der Waals surface area contributed by atoms with Gasteiger partial charge in [-0.05, 0) is 35.4 Å². The summed E-state index contributed by atoms with van der Waals surface area (Å²) in [6.45, 7) is 0.321. The van der Waals surface area contributed by atoms with Crippen LogP contribution in [-0.2, 0) is 0 Å². The summed E-state index contributed by atoms with van der Waals surface area (Å²) in [5.74, 6) is -0.314. The van der Waals surface area contributed by atoms with Crippen molar-refractivity contribution in [2.75, 3.05) is 6.54 Å². The van der Waals surface area contributed by atoms with Gasteiger partial charge in [-0.1, -0.05) is 12.1 Å². The molecule has 0 saturated carbocycles. The summed E-state index contributed by atoms with van der Waals surface area (Å²) < 4.78 is 1.82. The molecular weight excluding hydrogens is 278 g/mol. The average molecular weight is 291 g/mol. The van der Waals surface area contributed by atoms with Crippen LogP contribution in [0.25, 0.3) is 16.6 Å². The summed E-state index contributed by atoms with van der Waals surface area (Å²) in [4.78, 5) is 11.8. The fourth-order valence-electron chi connectivity index (χ4n) is 2.77. The van der Waals surface area contributed by atoms with Gasteiger partial charge in [0.15, 0.2) is 0 Å². The fraction of sp³-hybridized carbons (Fsp3) is 0.125. The molecule has 4 rings (SSSR count). The van der Waals surface area contributed by atoms with Gasteiger partial charge < -0.3 is 5.73 Å². The van der Waals surface area contributed by atoms with Crippen molar-refractivity contribution in [3.63, 3.8) is 0 Å². The van der Waals surface area contributed by atoms with E-state index >= 15 is 0 Å². The van der Waals surface area contributed by atoms with Gasteiger partial charge in [0.1, 0.15) is 6.04 Å². The topological polar surface area (TPSA) is 85.1 Å². The van der Waals surface area contributed by atoms with Crippen LogP contribution in [0.4, 0.5) is 0 Å². The quantitative estimate of drug-likeness (QED) is 0.787. The fourth-order valence-corrected chi connectivity index (χ4v) is 2.77. The third-order valence-electron chi connectivity index (χ3n) is 3.89. The molecule has 22 heavy (non-hydrogen) atoms. The number of hydrogen-bond donors (Lipinski definition) is 1. The maximum Gasteiger partial charge on any atom is 0.295 e. The van der Waals surface area contributed by atoms with Crippen LogP contribution in [0.5, 0.6) is 0 Å². The predicted octanol–water partition coefficient (Wildman–Crippen LogP) is 2.61. The van der Waals surface area contributed by atoms with E-state index in [0.29, 0.717) is 12.1 Å². The van der Waals surface area contributed by atoms with Crippen molar-refractivity contribution in [3.05, 3.63) is 59.9 Å². The lowest BCUT2D eigenvalue weighted by molar-refractivity contribution is 0.0985. The first kappa shape index (κ1) is 12.8. The Balaban J connectivity index is 1.90. The molecule has 1 unspecified atom stereocenters. The number of nitrogens with zero attached hydrogens (tertiary/aromatic N) is 4. The second-order valence-corrected chi connectivity index (χ2v) is 5.16. The second kappa shape index (κ2) is 4.85. The monoisotopic (exact) mass is 291 g/mol. The molecule has 1 atom stereocenters. The summed E-state index contributed by atoms with van der Waals surface area (Å²) in [7, 11) is 0. The van der Waals surface area contributed by atoms with Gasteiger partial charge in [0.2, 0.25) is 0 Å². The number of pyridine rings is 1. The first-order valence-corrected chi connectivity index (χ1v) is 7.00. The molecule has 1 aliphatic rings. The molecule has 0 aliphatic carbocycles. The Kier molecular flexibility index (Phi) is 2.83. The molecule has 3 heterocycles. The van der Waals surface area contributed by atoms with Crippen LogP contribution in [0.2, 0.25) is 0 Å². The van der Waals surface area contributed by atoms with E-state index < -0.39 is 0 Å². The molecule has 1 aromatic carbocycles. The number of carbonyl (C=O) groups is 1. The van der Waals surface area contributed by atoms with Crippen LogP contribution in [0.15, 0.2) is 59.0 Å². The van der Waals surface area contributed by atoms with Crippen LogP contribution >= 0.6 is 0 Å². The highest BCUT2D eigenvalue weighted by atomic mass is 16.1. The number of nitrogens with two attached hydrogens (primary N) is 1. The van der Waals surface area contributed by atoms with Gasteiger partial charge in [0.25, 0.3) is 5.91 Å². The Morgan fingerprint density at radius 2 is 2.09 bits per heavy atom. The average Bonchev–Trinajstić information content (AvgIpc) is 2.99. The molecule has 6 heteroatoms. The molecule has 108 valence electrons. The smallest absolute Gasteiger partial charge is 0.295 e. The maximum absolute atomic E-state index is 11.8. The number of hydrogen-bond acceptors (Lipinski definition) is 4. The molecule has 0 saturated heterocycles. The Bertz CT molecular complexity index is 912. The van der Waals surface area contributed by atoms with Crippen molar-refractivity contribution in [2.45, 2.75) is 6.04 Å². The summed E-state index contributed by atoms with van der Waals surface area (Å²) in [6, 6.07) is 11.3. The Morgan fingerprint density at radius 1 is 1.18 bits per heavy atom. The summed E-state index contributed by atoms with van der Waals surface area (Å²) >= 11 is 0. The summed E-state index contributed by atoms with van der Waals surface area (Å²) in [6.07, 6.45) is 3.72. The van der Waals surface area contributed by atoms with E-state index in [0.717, 1.165) is 22.2 Å². The molecule has 0 spiro atoms. The number of aromatic nitrogens is 2. The largest absolute Gasteiger partial charge is 0.328 e. The van der Waals surface area contributed by atoms with Crippen LogP contribution in [0.1, 0.15) is 22.0 Å². The van der Waals surface area contributed by atoms with E-state index in [-0.39, 0.29) is 11.9 Å². The lowest BCUT2D eigenvalue weighted by atomic mass is 9.94. The highest BCUT2D eigenvalue weighted by Gasteiger charge is 2.23. The van der Waals surface area contributed by atoms with E-state index in [2.05, 4.69) is 15.3 Å². The zero-order valence-electron chi connectivity index (χ0n) is 11.7. The van der Waals surface area contributed by atoms with E-state index in [1.165, 1.54) is 0 Å². The van der Waals surface area contributed by atoms with Crippen LogP contribution in [-0.4, -0.2) is 22.1 Å². The minimum absolute atomic E-state index is 0.269. The molecular formula is C16H13N5O. The van der Waals surface area contributed by atoms with Crippen molar-refractivity contribution in [2.24, 2.45) is 16.0 Å². The molecule has 6 nitrogen and oxygen atoms in total. The molecule has 2 aromatic heterocycles. The lowest BCUT2D eigenvalue weighted by Gasteiger charge is -2.17. The van der Waals surface area contributed by atoms with E-state index in [1.807, 2.05) is 47.2 Å². The number of benzene rings is 1. The SMILES string of the molecule is NCC1N=NC(=O)c2ccc(-c3cnn4ccccc34)cc21. The van der Waals surface area contributed by atoms with Crippen molar-refractivity contribution in [3.8, 4) is 11.1 Å². The molecule has 0 radical (unpaired) electrons. The molecule has 1 aliphatic heterocycles. The van der Waals surface area contributed by atoms with Gasteiger partial charge in [-0.2, -0.15) is 10.2 Å². The third kappa shape index (κ3) is 1.85. The van der Waals surface area contributed by atoms with E-state index in [1.54, 1.807) is 6.07 Å². The van der Waals surface area contributed by atoms with Crippen LogP contribution < -0.4 is 5.73 Å². The van der Waals surface area contributed by atoms with Crippen molar-refractivity contribution in [1.82, 2.24) is 9.61 Å². The third-order valence-corrected chi connectivity index (χ3v) is 3.89. The van der Waals surface area contributed by atoms with Gasteiger partial charge >= 0.3 is 0 Å². The van der Waals surface area contributed by atoms with Crippen LogP contribution in [0, 0.1) is 0 Å².